The van der Waals surface area contributed by atoms with E-state index in [1.165, 1.54) is 36.9 Å². The average molecular weight is 295 g/mol. The van der Waals surface area contributed by atoms with Crippen LogP contribution in [-0.2, 0) is 4.79 Å². The number of nitrogens with one attached hydrogen (secondary N) is 2. The fourth-order valence-corrected chi connectivity index (χ4v) is 3.25. The summed E-state index contributed by atoms with van der Waals surface area (Å²) in [5.41, 5.74) is -0.197. The molecule has 0 aliphatic heterocycles. The zero-order valence-corrected chi connectivity index (χ0v) is 12.7. The molecular formula is C14H21N3O2S. The number of aromatic amines is 1. The van der Waals surface area contributed by atoms with Crippen LogP contribution in [0.3, 0.4) is 0 Å². The molecule has 1 amide bonds. The van der Waals surface area contributed by atoms with E-state index in [0.717, 1.165) is 6.42 Å². The molecule has 1 aliphatic rings. The third-order valence-corrected chi connectivity index (χ3v) is 4.93. The van der Waals surface area contributed by atoms with E-state index in [2.05, 4.69) is 29.1 Å². The van der Waals surface area contributed by atoms with E-state index in [0.29, 0.717) is 17.0 Å². The fourth-order valence-electron chi connectivity index (χ4n) is 2.59. The predicted octanol–water partition coefficient (Wildman–Crippen LogP) is 1.80. The second-order valence-electron chi connectivity index (χ2n) is 5.47. The van der Waals surface area contributed by atoms with Gasteiger partial charge in [-0.15, -0.1) is 0 Å². The molecule has 1 aromatic rings. The number of hydrogen-bond acceptors (Lipinski definition) is 4. The first-order valence-corrected chi connectivity index (χ1v) is 8.02. The highest BCUT2D eigenvalue weighted by Gasteiger charge is 2.27. The Hall–Kier alpha value is -1.30. The fraction of sp³-hybridized carbons (Fsp3) is 0.643. The van der Waals surface area contributed by atoms with Crippen LogP contribution in [0.25, 0.3) is 0 Å². The van der Waals surface area contributed by atoms with E-state index in [9.17, 15) is 9.59 Å². The minimum absolute atomic E-state index is 0.00690. The molecule has 6 heteroatoms. The maximum atomic E-state index is 12.0. The summed E-state index contributed by atoms with van der Waals surface area (Å²) in [6.45, 7) is 4.45. The molecule has 2 rings (SSSR count). The molecule has 1 saturated carbocycles. The summed E-state index contributed by atoms with van der Waals surface area (Å²) >= 11 is 1.25. The molecule has 0 spiro atoms. The van der Waals surface area contributed by atoms with Crippen molar-refractivity contribution in [2.45, 2.75) is 44.3 Å². The molecule has 1 aliphatic carbocycles. The Bertz CT molecular complexity index is 517. The molecular weight excluding hydrogens is 274 g/mol. The summed E-state index contributed by atoms with van der Waals surface area (Å²) in [4.78, 5) is 29.7. The van der Waals surface area contributed by atoms with Crippen LogP contribution in [0.1, 0.15) is 33.1 Å². The number of amides is 1. The summed E-state index contributed by atoms with van der Waals surface area (Å²) in [6, 6.07) is 1.63. The third kappa shape index (κ3) is 4.10. The molecule has 1 aromatic heterocycles. The van der Waals surface area contributed by atoms with Gasteiger partial charge in [0.1, 0.15) is 0 Å². The number of carbonyl (C=O) groups is 1. The Labute approximate surface area is 123 Å². The van der Waals surface area contributed by atoms with Crippen LogP contribution in [-0.4, -0.2) is 27.7 Å². The number of hydrogen-bond donors (Lipinski definition) is 2. The molecule has 0 radical (unpaired) electrons. The predicted molar refractivity (Wildman–Crippen MR) is 79.7 cm³/mol. The molecule has 1 heterocycles. The maximum absolute atomic E-state index is 12.0. The zero-order chi connectivity index (χ0) is 14.5. The lowest BCUT2D eigenvalue weighted by Gasteiger charge is -2.34. The van der Waals surface area contributed by atoms with Crippen molar-refractivity contribution in [2.75, 3.05) is 5.75 Å². The van der Waals surface area contributed by atoms with Gasteiger partial charge in [-0.25, -0.2) is 4.98 Å². The van der Waals surface area contributed by atoms with Crippen molar-refractivity contribution in [2.24, 2.45) is 11.8 Å². The molecule has 0 aromatic carbocycles. The molecule has 110 valence electrons. The standard InChI is InChI=1S/C14H21N3O2S/c1-9-4-3-5-11(10(9)2)16-13(19)8-20-14-15-7-6-12(18)17-14/h6-7,9-11H,3-5,8H2,1-2H3,(H,16,19)(H,15,17,18). The number of carbonyl (C=O) groups excluding carboxylic acids is 1. The number of thioether (sulfide) groups is 1. The first-order valence-electron chi connectivity index (χ1n) is 7.03. The average Bonchev–Trinajstić information content (AvgIpc) is 2.42. The molecule has 3 atom stereocenters. The molecule has 1 fully saturated rings. The largest absolute Gasteiger partial charge is 0.352 e. The first-order chi connectivity index (χ1) is 9.56. The molecule has 20 heavy (non-hydrogen) atoms. The normalized spacial score (nSPS) is 26.2. The molecule has 0 saturated heterocycles. The van der Waals surface area contributed by atoms with Crippen LogP contribution in [0.15, 0.2) is 22.2 Å². The van der Waals surface area contributed by atoms with Gasteiger partial charge in [0.05, 0.1) is 5.75 Å². The lowest BCUT2D eigenvalue weighted by atomic mass is 9.78. The second kappa shape index (κ2) is 6.92. The first kappa shape index (κ1) is 15.1. The van der Waals surface area contributed by atoms with Crippen molar-refractivity contribution in [3.05, 3.63) is 22.6 Å². The quantitative estimate of drug-likeness (QED) is 0.656. The van der Waals surface area contributed by atoms with Crippen LogP contribution in [0.2, 0.25) is 0 Å². The summed E-state index contributed by atoms with van der Waals surface area (Å²) in [7, 11) is 0. The minimum atomic E-state index is -0.197. The summed E-state index contributed by atoms with van der Waals surface area (Å²) in [5, 5.41) is 3.59. The van der Waals surface area contributed by atoms with Crippen molar-refractivity contribution >= 4 is 17.7 Å². The molecule has 5 nitrogen and oxygen atoms in total. The van der Waals surface area contributed by atoms with E-state index in [4.69, 9.17) is 0 Å². The van der Waals surface area contributed by atoms with E-state index < -0.39 is 0 Å². The number of rotatable bonds is 4. The SMILES string of the molecule is CC1CCCC(NC(=O)CSc2nccc(=O)[nH]2)C1C. The van der Waals surface area contributed by atoms with Gasteiger partial charge < -0.3 is 10.3 Å². The van der Waals surface area contributed by atoms with Crippen molar-refractivity contribution in [1.82, 2.24) is 15.3 Å². The number of H-pyrrole nitrogens is 1. The maximum Gasteiger partial charge on any atom is 0.251 e. The van der Waals surface area contributed by atoms with E-state index in [1.807, 2.05) is 0 Å². The molecule has 0 bridgehead atoms. The molecule has 3 unspecified atom stereocenters. The Balaban J connectivity index is 1.82. The molecule has 2 N–H and O–H groups in total. The second-order valence-corrected chi connectivity index (χ2v) is 6.43. The van der Waals surface area contributed by atoms with Crippen molar-refractivity contribution in [3.63, 3.8) is 0 Å². The zero-order valence-electron chi connectivity index (χ0n) is 11.9. The van der Waals surface area contributed by atoms with Crippen LogP contribution in [0.5, 0.6) is 0 Å². The van der Waals surface area contributed by atoms with Crippen molar-refractivity contribution in [3.8, 4) is 0 Å². The van der Waals surface area contributed by atoms with Gasteiger partial charge in [0.15, 0.2) is 5.16 Å². The highest BCUT2D eigenvalue weighted by atomic mass is 32.2. The van der Waals surface area contributed by atoms with E-state index >= 15 is 0 Å². The lowest BCUT2D eigenvalue weighted by Crippen LogP contribution is -2.44. The van der Waals surface area contributed by atoms with Crippen molar-refractivity contribution < 1.29 is 4.79 Å². The van der Waals surface area contributed by atoms with Gasteiger partial charge in [-0.1, -0.05) is 38.5 Å². The Morgan fingerprint density at radius 1 is 1.50 bits per heavy atom. The van der Waals surface area contributed by atoms with Gasteiger partial charge in [0.2, 0.25) is 5.91 Å². The summed E-state index contributed by atoms with van der Waals surface area (Å²) in [5.74, 6) is 1.47. The number of aromatic nitrogens is 2. The van der Waals surface area contributed by atoms with E-state index in [-0.39, 0.29) is 23.3 Å². The Morgan fingerprint density at radius 2 is 2.30 bits per heavy atom. The van der Waals surface area contributed by atoms with Crippen LogP contribution >= 0.6 is 11.8 Å². The van der Waals surface area contributed by atoms with Crippen LogP contribution in [0.4, 0.5) is 0 Å². The highest BCUT2D eigenvalue weighted by Crippen LogP contribution is 2.29. The Morgan fingerprint density at radius 3 is 3.05 bits per heavy atom. The smallest absolute Gasteiger partial charge is 0.251 e. The summed E-state index contributed by atoms with van der Waals surface area (Å²) in [6.07, 6.45) is 4.93. The Kier molecular flexibility index (Phi) is 5.23. The number of nitrogens with zero attached hydrogens (tertiary/aromatic N) is 1. The van der Waals surface area contributed by atoms with Gasteiger partial charge in [-0.3, -0.25) is 9.59 Å². The van der Waals surface area contributed by atoms with Gasteiger partial charge in [0, 0.05) is 18.3 Å². The van der Waals surface area contributed by atoms with Gasteiger partial charge in [-0.05, 0) is 18.3 Å². The third-order valence-electron chi connectivity index (χ3n) is 4.04. The monoisotopic (exact) mass is 295 g/mol. The topological polar surface area (TPSA) is 74.8 Å². The highest BCUT2D eigenvalue weighted by molar-refractivity contribution is 7.99. The van der Waals surface area contributed by atoms with Crippen LogP contribution in [0, 0.1) is 11.8 Å². The van der Waals surface area contributed by atoms with E-state index in [1.54, 1.807) is 0 Å². The van der Waals surface area contributed by atoms with Gasteiger partial charge in [-0.2, -0.15) is 0 Å². The van der Waals surface area contributed by atoms with Gasteiger partial charge >= 0.3 is 0 Å². The minimum Gasteiger partial charge on any atom is -0.352 e. The van der Waals surface area contributed by atoms with Crippen molar-refractivity contribution in [1.29, 1.82) is 0 Å². The van der Waals surface area contributed by atoms with Gasteiger partial charge in [0.25, 0.3) is 5.56 Å². The lowest BCUT2D eigenvalue weighted by molar-refractivity contribution is -0.120. The summed E-state index contributed by atoms with van der Waals surface area (Å²) < 4.78 is 0. The van der Waals surface area contributed by atoms with Crippen LogP contribution < -0.4 is 10.9 Å².